The van der Waals surface area contributed by atoms with Gasteiger partial charge in [-0.25, -0.2) is 4.98 Å². The fourth-order valence-corrected chi connectivity index (χ4v) is 2.95. The standard InChI is InChI=1S/C17H21N3O2/c1-11-8-13(22-2)5-6-14(11)17-19-15(9-16(21)20-17)12-4-3-7-18-10-12/h5-6,8-9,12,18H,3-4,7,10H2,1-2H3,(H,19,20,21). The second-order valence-electron chi connectivity index (χ2n) is 5.74. The summed E-state index contributed by atoms with van der Waals surface area (Å²) in [6.45, 7) is 3.92. The Kier molecular flexibility index (Phi) is 4.24. The molecular formula is C17H21N3O2. The molecule has 0 amide bonds. The molecule has 1 aromatic heterocycles. The summed E-state index contributed by atoms with van der Waals surface area (Å²) in [5, 5.41) is 3.37. The number of nitrogens with one attached hydrogen (secondary N) is 2. The van der Waals surface area contributed by atoms with Gasteiger partial charge in [0.05, 0.1) is 12.8 Å². The molecule has 3 rings (SSSR count). The van der Waals surface area contributed by atoms with Crippen molar-refractivity contribution in [2.24, 2.45) is 0 Å². The molecule has 1 fully saturated rings. The minimum atomic E-state index is -0.0965. The van der Waals surface area contributed by atoms with E-state index in [-0.39, 0.29) is 5.56 Å². The Morgan fingerprint density at radius 2 is 2.18 bits per heavy atom. The summed E-state index contributed by atoms with van der Waals surface area (Å²) in [6, 6.07) is 7.40. The fraction of sp³-hybridized carbons (Fsp3) is 0.412. The van der Waals surface area contributed by atoms with Gasteiger partial charge in [0.2, 0.25) is 0 Å². The molecule has 1 atom stereocenters. The number of ether oxygens (including phenoxy) is 1. The second kappa shape index (κ2) is 6.32. The van der Waals surface area contributed by atoms with Gasteiger partial charge in [-0.15, -0.1) is 0 Å². The minimum Gasteiger partial charge on any atom is -0.497 e. The molecule has 2 aromatic rings. The Labute approximate surface area is 129 Å². The van der Waals surface area contributed by atoms with Crippen LogP contribution in [0.25, 0.3) is 11.4 Å². The van der Waals surface area contributed by atoms with Crippen LogP contribution in [0.15, 0.2) is 29.1 Å². The van der Waals surface area contributed by atoms with Crippen LogP contribution in [0, 0.1) is 6.92 Å². The maximum Gasteiger partial charge on any atom is 0.251 e. The first-order valence-corrected chi connectivity index (χ1v) is 7.64. The Morgan fingerprint density at radius 1 is 1.32 bits per heavy atom. The summed E-state index contributed by atoms with van der Waals surface area (Å²) in [5.74, 6) is 1.75. The molecule has 1 aliphatic heterocycles. The summed E-state index contributed by atoms with van der Waals surface area (Å²) in [5.41, 5.74) is 2.74. The number of rotatable bonds is 3. The quantitative estimate of drug-likeness (QED) is 0.912. The molecule has 0 spiro atoms. The first kappa shape index (κ1) is 14.8. The normalized spacial score (nSPS) is 18.2. The van der Waals surface area contributed by atoms with Crippen molar-refractivity contribution in [1.29, 1.82) is 0 Å². The summed E-state index contributed by atoms with van der Waals surface area (Å²) in [4.78, 5) is 19.6. The SMILES string of the molecule is COc1ccc(-c2nc(C3CCCNC3)cc(=O)[nH]2)c(C)c1. The average molecular weight is 299 g/mol. The zero-order chi connectivity index (χ0) is 15.5. The molecule has 5 heteroatoms. The first-order chi connectivity index (χ1) is 10.7. The monoisotopic (exact) mass is 299 g/mol. The number of nitrogens with zero attached hydrogens (tertiary/aromatic N) is 1. The van der Waals surface area contributed by atoms with Crippen molar-refractivity contribution in [3.63, 3.8) is 0 Å². The van der Waals surface area contributed by atoms with Crippen molar-refractivity contribution in [2.75, 3.05) is 20.2 Å². The topological polar surface area (TPSA) is 67.0 Å². The number of benzene rings is 1. The van der Waals surface area contributed by atoms with Gasteiger partial charge in [0.25, 0.3) is 5.56 Å². The lowest BCUT2D eigenvalue weighted by Crippen LogP contribution is -2.29. The molecule has 0 saturated carbocycles. The molecule has 1 unspecified atom stereocenters. The molecule has 1 saturated heterocycles. The molecule has 116 valence electrons. The lowest BCUT2D eigenvalue weighted by molar-refractivity contribution is 0.414. The van der Waals surface area contributed by atoms with Crippen molar-refractivity contribution in [3.8, 4) is 17.1 Å². The van der Waals surface area contributed by atoms with Crippen LogP contribution in [0.5, 0.6) is 5.75 Å². The summed E-state index contributed by atoms with van der Waals surface area (Å²) >= 11 is 0. The third-order valence-electron chi connectivity index (χ3n) is 4.17. The van der Waals surface area contributed by atoms with E-state index in [0.29, 0.717) is 11.7 Å². The number of aryl methyl sites for hydroxylation is 1. The van der Waals surface area contributed by atoms with Crippen LogP contribution in [-0.4, -0.2) is 30.2 Å². The summed E-state index contributed by atoms with van der Waals surface area (Å²) in [7, 11) is 1.64. The van der Waals surface area contributed by atoms with Crippen molar-refractivity contribution in [1.82, 2.24) is 15.3 Å². The van der Waals surface area contributed by atoms with E-state index < -0.39 is 0 Å². The molecule has 22 heavy (non-hydrogen) atoms. The fourth-order valence-electron chi connectivity index (χ4n) is 2.95. The van der Waals surface area contributed by atoms with E-state index in [4.69, 9.17) is 9.72 Å². The highest BCUT2D eigenvalue weighted by Gasteiger charge is 2.18. The number of hydrogen-bond acceptors (Lipinski definition) is 4. The molecule has 2 heterocycles. The molecule has 0 aliphatic carbocycles. The Bertz CT molecular complexity index is 718. The zero-order valence-electron chi connectivity index (χ0n) is 13.0. The van der Waals surface area contributed by atoms with Gasteiger partial charge in [0, 0.05) is 24.1 Å². The van der Waals surface area contributed by atoms with Gasteiger partial charge in [0.1, 0.15) is 11.6 Å². The number of methoxy groups -OCH3 is 1. The molecule has 0 radical (unpaired) electrons. The van der Waals surface area contributed by atoms with E-state index >= 15 is 0 Å². The van der Waals surface area contributed by atoms with E-state index in [1.165, 1.54) is 0 Å². The Hall–Kier alpha value is -2.14. The molecule has 1 aliphatic rings. The van der Waals surface area contributed by atoms with Gasteiger partial charge in [-0.1, -0.05) is 0 Å². The van der Waals surface area contributed by atoms with Crippen LogP contribution in [0.1, 0.15) is 30.0 Å². The maximum absolute atomic E-state index is 12.0. The lowest BCUT2D eigenvalue weighted by atomic mass is 9.96. The minimum absolute atomic E-state index is 0.0965. The van der Waals surface area contributed by atoms with Gasteiger partial charge in [0.15, 0.2) is 0 Å². The zero-order valence-corrected chi connectivity index (χ0v) is 13.0. The number of H-pyrrole nitrogens is 1. The second-order valence-corrected chi connectivity index (χ2v) is 5.74. The number of piperidine rings is 1. The number of aromatic amines is 1. The number of hydrogen-bond donors (Lipinski definition) is 2. The van der Waals surface area contributed by atoms with E-state index in [9.17, 15) is 4.79 Å². The van der Waals surface area contributed by atoms with Crippen molar-refractivity contribution in [2.45, 2.75) is 25.7 Å². The van der Waals surface area contributed by atoms with Crippen LogP contribution < -0.4 is 15.6 Å². The highest BCUT2D eigenvalue weighted by Crippen LogP contribution is 2.26. The third kappa shape index (κ3) is 3.04. The van der Waals surface area contributed by atoms with Crippen LogP contribution in [0.2, 0.25) is 0 Å². The molecule has 1 aromatic carbocycles. The summed E-state index contributed by atoms with van der Waals surface area (Å²) in [6.07, 6.45) is 2.19. The Morgan fingerprint density at radius 3 is 2.86 bits per heavy atom. The van der Waals surface area contributed by atoms with E-state index in [0.717, 1.165) is 48.5 Å². The van der Waals surface area contributed by atoms with E-state index in [1.807, 2.05) is 25.1 Å². The van der Waals surface area contributed by atoms with Crippen LogP contribution in [-0.2, 0) is 0 Å². The van der Waals surface area contributed by atoms with Crippen molar-refractivity contribution in [3.05, 3.63) is 45.9 Å². The number of aromatic nitrogens is 2. The van der Waals surface area contributed by atoms with Crippen LogP contribution >= 0.6 is 0 Å². The Balaban J connectivity index is 2.00. The largest absolute Gasteiger partial charge is 0.497 e. The predicted molar refractivity (Wildman–Crippen MR) is 86.4 cm³/mol. The predicted octanol–water partition coefficient (Wildman–Crippen LogP) is 2.22. The molecular weight excluding hydrogens is 278 g/mol. The van der Waals surface area contributed by atoms with Gasteiger partial charge in [-0.2, -0.15) is 0 Å². The van der Waals surface area contributed by atoms with E-state index in [1.54, 1.807) is 13.2 Å². The van der Waals surface area contributed by atoms with Gasteiger partial charge < -0.3 is 15.0 Å². The molecule has 5 nitrogen and oxygen atoms in total. The highest BCUT2D eigenvalue weighted by atomic mass is 16.5. The van der Waals surface area contributed by atoms with Crippen molar-refractivity contribution >= 4 is 0 Å². The smallest absolute Gasteiger partial charge is 0.251 e. The third-order valence-corrected chi connectivity index (χ3v) is 4.17. The van der Waals surface area contributed by atoms with Crippen molar-refractivity contribution < 1.29 is 4.74 Å². The molecule has 0 bridgehead atoms. The van der Waals surface area contributed by atoms with E-state index in [2.05, 4.69) is 10.3 Å². The molecule has 2 N–H and O–H groups in total. The van der Waals surface area contributed by atoms with Gasteiger partial charge in [-0.05, 0) is 50.1 Å². The maximum atomic E-state index is 12.0. The van der Waals surface area contributed by atoms with Gasteiger partial charge >= 0.3 is 0 Å². The van der Waals surface area contributed by atoms with Gasteiger partial charge in [-0.3, -0.25) is 4.79 Å². The summed E-state index contributed by atoms with van der Waals surface area (Å²) < 4.78 is 5.23. The highest BCUT2D eigenvalue weighted by molar-refractivity contribution is 5.61. The average Bonchev–Trinajstić information content (AvgIpc) is 2.55. The van der Waals surface area contributed by atoms with Crippen LogP contribution in [0.3, 0.4) is 0 Å². The lowest BCUT2D eigenvalue weighted by Gasteiger charge is -2.22. The van der Waals surface area contributed by atoms with Crippen LogP contribution in [0.4, 0.5) is 0 Å². The first-order valence-electron chi connectivity index (χ1n) is 7.64.